The minimum Gasteiger partial charge on any atom is -0.461 e. The molecule has 1 atom stereocenters. The van der Waals surface area contributed by atoms with E-state index in [1.54, 1.807) is 0 Å². The summed E-state index contributed by atoms with van der Waals surface area (Å²) in [4.78, 5) is 13.6. The number of ether oxygens (including phenoxy) is 1. The number of esters is 1. The molecule has 0 aromatic heterocycles. The van der Waals surface area contributed by atoms with Crippen molar-refractivity contribution >= 4 is 5.97 Å². The summed E-state index contributed by atoms with van der Waals surface area (Å²) in [5.74, 6) is -0.212. The van der Waals surface area contributed by atoms with Crippen molar-refractivity contribution in [3.05, 3.63) is 24.4 Å². The Hall–Kier alpha value is -1.25. The van der Waals surface area contributed by atoms with Gasteiger partial charge in [-0.2, -0.15) is 0 Å². The highest BCUT2D eigenvalue weighted by Gasteiger charge is 2.36. The van der Waals surface area contributed by atoms with Crippen LogP contribution >= 0.6 is 0 Å². The molecule has 0 N–H and O–H groups in total. The zero-order valence-corrected chi connectivity index (χ0v) is 9.15. The number of carbonyl (C=O) groups excluding carboxylic acids is 1. The van der Waals surface area contributed by atoms with Crippen LogP contribution in [0, 0.1) is 0 Å². The minimum atomic E-state index is -0.668. The van der Waals surface area contributed by atoms with E-state index in [1.807, 2.05) is 57.1 Å². The SMILES string of the molecule is CC(C)OC(=O)C1(C)C=CC=CN1C. The van der Waals surface area contributed by atoms with Crippen LogP contribution in [0.5, 0.6) is 0 Å². The molecule has 0 aliphatic carbocycles. The van der Waals surface area contributed by atoms with Crippen LogP contribution in [0.15, 0.2) is 24.4 Å². The van der Waals surface area contributed by atoms with Crippen LogP contribution in [0.3, 0.4) is 0 Å². The Morgan fingerprint density at radius 3 is 2.57 bits per heavy atom. The Labute approximate surface area is 85.0 Å². The van der Waals surface area contributed by atoms with Gasteiger partial charge in [0.1, 0.15) is 0 Å². The van der Waals surface area contributed by atoms with Gasteiger partial charge in [0.15, 0.2) is 5.54 Å². The molecule has 0 amide bonds. The molecule has 0 radical (unpaired) electrons. The molecule has 3 nitrogen and oxygen atoms in total. The summed E-state index contributed by atoms with van der Waals surface area (Å²) >= 11 is 0. The van der Waals surface area contributed by atoms with Crippen LogP contribution in [0.25, 0.3) is 0 Å². The summed E-state index contributed by atoms with van der Waals surface area (Å²) in [6.45, 7) is 5.55. The van der Waals surface area contributed by atoms with Gasteiger partial charge in [-0.1, -0.05) is 6.08 Å². The maximum Gasteiger partial charge on any atom is 0.336 e. The topological polar surface area (TPSA) is 29.5 Å². The molecule has 0 saturated heterocycles. The highest BCUT2D eigenvalue weighted by Crippen LogP contribution is 2.21. The molecule has 0 aromatic carbocycles. The molecule has 3 heteroatoms. The van der Waals surface area contributed by atoms with Crippen LogP contribution in [-0.4, -0.2) is 29.6 Å². The second-order valence-corrected chi connectivity index (χ2v) is 3.91. The molecule has 1 rings (SSSR count). The van der Waals surface area contributed by atoms with Crippen LogP contribution in [0.4, 0.5) is 0 Å². The molecular formula is C11H17NO2. The smallest absolute Gasteiger partial charge is 0.336 e. The lowest BCUT2D eigenvalue weighted by Gasteiger charge is -2.35. The van der Waals surface area contributed by atoms with E-state index in [4.69, 9.17) is 4.74 Å². The lowest BCUT2D eigenvalue weighted by Crippen LogP contribution is -2.48. The fourth-order valence-electron chi connectivity index (χ4n) is 1.24. The standard InChI is InChI=1S/C11H17NO2/c1-9(2)14-10(13)11(3)7-5-6-8-12(11)4/h5-9H,1-4H3. The van der Waals surface area contributed by atoms with Crippen molar-refractivity contribution in [2.24, 2.45) is 0 Å². The van der Waals surface area contributed by atoms with E-state index in [9.17, 15) is 4.79 Å². The third-order valence-corrected chi connectivity index (χ3v) is 2.33. The van der Waals surface area contributed by atoms with Gasteiger partial charge in [0, 0.05) is 13.2 Å². The van der Waals surface area contributed by atoms with Crippen LogP contribution in [0.1, 0.15) is 20.8 Å². The van der Waals surface area contributed by atoms with E-state index in [1.165, 1.54) is 0 Å². The zero-order chi connectivity index (χ0) is 10.8. The van der Waals surface area contributed by atoms with E-state index >= 15 is 0 Å². The zero-order valence-electron chi connectivity index (χ0n) is 9.15. The molecule has 14 heavy (non-hydrogen) atoms. The molecule has 1 aliphatic rings. The summed E-state index contributed by atoms with van der Waals surface area (Å²) < 4.78 is 5.20. The Kier molecular flexibility index (Phi) is 2.99. The van der Waals surface area contributed by atoms with Gasteiger partial charge < -0.3 is 9.64 Å². The largest absolute Gasteiger partial charge is 0.461 e. The fourth-order valence-corrected chi connectivity index (χ4v) is 1.24. The van der Waals surface area contributed by atoms with Gasteiger partial charge in [-0.25, -0.2) is 4.79 Å². The van der Waals surface area contributed by atoms with E-state index in [0.29, 0.717) is 0 Å². The van der Waals surface area contributed by atoms with Gasteiger partial charge in [0.05, 0.1) is 6.10 Å². The molecule has 0 saturated carbocycles. The van der Waals surface area contributed by atoms with Crippen molar-refractivity contribution in [2.75, 3.05) is 7.05 Å². The predicted octanol–water partition coefficient (Wildman–Crippen LogP) is 1.71. The van der Waals surface area contributed by atoms with E-state index < -0.39 is 5.54 Å². The van der Waals surface area contributed by atoms with Gasteiger partial charge >= 0.3 is 5.97 Å². The van der Waals surface area contributed by atoms with Crippen LogP contribution in [0.2, 0.25) is 0 Å². The second-order valence-electron chi connectivity index (χ2n) is 3.91. The Bertz CT molecular complexity index is 281. The van der Waals surface area contributed by atoms with Gasteiger partial charge in [-0.15, -0.1) is 0 Å². The number of rotatable bonds is 2. The number of carbonyl (C=O) groups is 1. The van der Waals surface area contributed by atoms with Crippen molar-refractivity contribution in [1.29, 1.82) is 0 Å². The Morgan fingerprint density at radius 1 is 1.43 bits per heavy atom. The van der Waals surface area contributed by atoms with Gasteiger partial charge in [-0.3, -0.25) is 0 Å². The molecule has 1 aliphatic heterocycles. The average molecular weight is 195 g/mol. The maximum atomic E-state index is 11.8. The van der Waals surface area contributed by atoms with E-state index in [2.05, 4.69) is 0 Å². The molecular weight excluding hydrogens is 178 g/mol. The molecule has 78 valence electrons. The first-order valence-corrected chi connectivity index (χ1v) is 4.77. The van der Waals surface area contributed by atoms with Crippen molar-refractivity contribution < 1.29 is 9.53 Å². The minimum absolute atomic E-state index is 0.0768. The number of hydrogen-bond donors (Lipinski definition) is 0. The highest BCUT2D eigenvalue weighted by molar-refractivity contribution is 5.83. The summed E-state index contributed by atoms with van der Waals surface area (Å²) in [6.07, 6.45) is 7.39. The predicted molar refractivity (Wildman–Crippen MR) is 55.7 cm³/mol. The number of nitrogens with zero attached hydrogens (tertiary/aromatic N) is 1. The molecule has 1 unspecified atom stereocenters. The molecule has 0 aromatic rings. The Morgan fingerprint density at radius 2 is 2.07 bits per heavy atom. The summed E-state index contributed by atoms with van der Waals surface area (Å²) in [5, 5.41) is 0. The first kappa shape index (κ1) is 10.8. The van der Waals surface area contributed by atoms with E-state index in [0.717, 1.165) is 0 Å². The normalized spacial score (nSPS) is 25.6. The fraction of sp³-hybridized carbons (Fsp3) is 0.545. The van der Waals surface area contributed by atoms with Crippen molar-refractivity contribution in [3.8, 4) is 0 Å². The quantitative estimate of drug-likeness (QED) is 0.628. The molecule has 1 heterocycles. The Balaban J connectivity index is 2.79. The van der Waals surface area contributed by atoms with Gasteiger partial charge in [0.2, 0.25) is 0 Å². The van der Waals surface area contributed by atoms with Crippen molar-refractivity contribution in [3.63, 3.8) is 0 Å². The summed E-state index contributed by atoms with van der Waals surface area (Å²) in [7, 11) is 1.86. The maximum absolute atomic E-state index is 11.8. The molecule has 0 bridgehead atoms. The lowest BCUT2D eigenvalue weighted by atomic mass is 9.98. The van der Waals surface area contributed by atoms with Gasteiger partial charge in [-0.05, 0) is 32.9 Å². The van der Waals surface area contributed by atoms with Crippen LogP contribution < -0.4 is 0 Å². The van der Waals surface area contributed by atoms with Gasteiger partial charge in [0.25, 0.3) is 0 Å². The van der Waals surface area contributed by atoms with Crippen LogP contribution in [-0.2, 0) is 9.53 Å². The molecule has 0 spiro atoms. The summed E-state index contributed by atoms with van der Waals surface area (Å²) in [5.41, 5.74) is -0.668. The van der Waals surface area contributed by atoms with E-state index in [-0.39, 0.29) is 12.1 Å². The van der Waals surface area contributed by atoms with Crippen molar-refractivity contribution in [2.45, 2.75) is 32.4 Å². The first-order valence-electron chi connectivity index (χ1n) is 4.77. The summed E-state index contributed by atoms with van der Waals surface area (Å²) in [6, 6.07) is 0. The first-order chi connectivity index (χ1) is 6.47. The third-order valence-electron chi connectivity index (χ3n) is 2.33. The average Bonchev–Trinajstić information content (AvgIpc) is 2.09. The monoisotopic (exact) mass is 195 g/mol. The third kappa shape index (κ3) is 1.97. The number of likely N-dealkylation sites (N-methyl/N-ethyl adjacent to an activating group) is 1. The second kappa shape index (κ2) is 3.86. The lowest BCUT2D eigenvalue weighted by molar-refractivity contribution is -0.156. The molecule has 0 fully saturated rings. The highest BCUT2D eigenvalue weighted by atomic mass is 16.5. The number of hydrogen-bond acceptors (Lipinski definition) is 3. The number of allylic oxidation sites excluding steroid dienone is 2. The van der Waals surface area contributed by atoms with Crippen molar-refractivity contribution in [1.82, 2.24) is 4.90 Å².